The lowest BCUT2D eigenvalue weighted by Gasteiger charge is -2.41. The minimum Gasteiger partial charge on any atom is -0.480 e. The Bertz CT molecular complexity index is 1420. The van der Waals surface area contributed by atoms with E-state index < -0.39 is 63.8 Å². The first-order valence-corrected chi connectivity index (χ1v) is 20.3. The van der Waals surface area contributed by atoms with Crippen LogP contribution in [0.15, 0.2) is 9.98 Å². The summed E-state index contributed by atoms with van der Waals surface area (Å²) in [5, 5.41) is 9.08. The van der Waals surface area contributed by atoms with Gasteiger partial charge in [-0.1, -0.05) is 25.7 Å². The third-order valence-corrected chi connectivity index (χ3v) is 13.5. The Morgan fingerprint density at radius 1 is 0.731 bits per heavy atom. The summed E-state index contributed by atoms with van der Waals surface area (Å²) in [6, 6.07) is -2.36. The van der Waals surface area contributed by atoms with Gasteiger partial charge in [0.1, 0.15) is 22.8 Å². The maximum absolute atomic E-state index is 12.8. The molecule has 6 atom stereocenters. The summed E-state index contributed by atoms with van der Waals surface area (Å²) in [6.45, 7) is 16.3. The third kappa shape index (κ3) is 8.68. The predicted molar refractivity (Wildman–Crippen MR) is 201 cm³/mol. The van der Waals surface area contributed by atoms with Crippen molar-refractivity contribution in [3.63, 3.8) is 0 Å². The number of amides is 2. The van der Waals surface area contributed by atoms with Crippen molar-refractivity contribution in [2.24, 2.45) is 15.4 Å². The van der Waals surface area contributed by atoms with Gasteiger partial charge in [-0.3, -0.25) is 24.4 Å². The molecule has 0 aromatic heterocycles. The number of likely N-dealkylation sites (tertiary alicyclic amines) is 2. The molecule has 0 saturated carbocycles. The van der Waals surface area contributed by atoms with Crippen LogP contribution >= 0.6 is 23.5 Å². The minimum absolute atomic E-state index is 0.133. The molecule has 6 saturated heterocycles. The number of aliphatic carboxylic acids is 1. The molecule has 6 aliphatic rings. The number of rotatable bonds is 8. The molecule has 0 spiro atoms. The van der Waals surface area contributed by atoms with Crippen molar-refractivity contribution in [3.05, 3.63) is 0 Å². The van der Waals surface area contributed by atoms with E-state index in [9.17, 15) is 29.1 Å². The highest BCUT2D eigenvalue weighted by Crippen LogP contribution is 2.53. The molecular weight excluding hydrogens is 709 g/mol. The van der Waals surface area contributed by atoms with Gasteiger partial charge in [0, 0.05) is 35.7 Å². The summed E-state index contributed by atoms with van der Waals surface area (Å²) in [5.74, 6) is -2.24. The Morgan fingerprint density at radius 2 is 1.13 bits per heavy atom. The van der Waals surface area contributed by atoms with Gasteiger partial charge in [-0.05, 0) is 74.1 Å². The number of β-lactam (4-membered cyclic amide) rings is 2. The monoisotopic (exact) mass is 764 g/mol. The molecule has 0 aromatic carbocycles. The van der Waals surface area contributed by atoms with Crippen molar-refractivity contribution in [3.8, 4) is 0 Å². The highest BCUT2D eigenvalue weighted by atomic mass is 32.2. The molecule has 6 fully saturated rings. The summed E-state index contributed by atoms with van der Waals surface area (Å²) in [7, 11) is 0. The zero-order valence-electron chi connectivity index (χ0n) is 31.6. The summed E-state index contributed by atoms with van der Waals surface area (Å²) in [4.78, 5) is 77.6. The van der Waals surface area contributed by atoms with Gasteiger partial charge in [-0.25, -0.2) is 9.59 Å². The molecule has 0 radical (unpaired) electrons. The molecule has 6 rings (SSSR count). The molecule has 6 heterocycles. The van der Waals surface area contributed by atoms with E-state index in [4.69, 9.17) is 9.47 Å². The lowest BCUT2D eigenvalue weighted by Crippen LogP contribution is -2.65. The number of esters is 2. The highest BCUT2D eigenvalue weighted by molar-refractivity contribution is 8.02. The van der Waals surface area contributed by atoms with Gasteiger partial charge in [0.2, 0.25) is 6.79 Å². The molecule has 0 bridgehead atoms. The number of carboxylic acids is 1. The second-order valence-electron chi connectivity index (χ2n) is 16.4. The largest absolute Gasteiger partial charge is 0.480 e. The molecule has 0 aliphatic carbocycles. The van der Waals surface area contributed by atoms with Gasteiger partial charge in [-0.2, -0.15) is 0 Å². The fourth-order valence-corrected chi connectivity index (χ4v) is 10.7. The van der Waals surface area contributed by atoms with Gasteiger partial charge in [0.15, 0.2) is 12.1 Å². The summed E-state index contributed by atoms with van der Waals surface area (Å²) in [5.41, 5.74) is -0.675. The molecule has 2 amide bonds. The fourth-order valence-electron chi connectivity index (χ4n) is 7.43. The standard InChI is InChI=1S/C21H33N3O5S.C15H23N3O3S/c1-20(2,3)19(27)29-13-28-18(26)15-21(4,5)30-17-14(16(25)24(15)17)22-12-23-10-8-6-7-9-11-23;1-15(2)11(14(20)21)18-12(19)10(13(18)22-15)16-9-17-7-5-3-4-6-8-17/h12,14-15,17H,6-11,13H2,1-5H3;9-11,13H,3-8H2,1-2H3,(H,20,21)/t14-,15+,17-;10-,11+,13-/m11/s1. The molecule has 0 aromatic rings. The van der Waals surface area contributed by atoms with Gasteiger partial charge in [-0.15, -0.1) is 23.5 Å². The number of ether oxygens (including phenoxy) is 2. The summed E-state index contributed by atoms with van der Waals surface area (Å²) in [6.07, 6.45) is 13.3. The molecule has 290 valence electrons. The van der Waals surface area contributed by atoms with Gasteiger partial charge in [0.05, 0.1) is 18.1 Å². The number of carboxylic acid groups (broad SMARTS) is 1. The van der Waals surface area contributed by atoms with Crippen LogP contribution < -0.4 is 0 Å². The summed E-state index contributed by atoms with van der Waals surface area (Å²) < 4.78 is 9.24. The molecule has 1 N–H and O–H groups in total. The number of carbonyl (C=O) groups excluding carboxylic acids is 4. The number of hydrogen-bond donors (Lipinski definition) is 1. The zero-order chi connectivity index (χ0) is 38.0. The Labute approximate surface area is 315 Å². The van der Waals surface area contributed by atoms with Crippen LogP contribution in [0.3, 0.4) is 0 Å². The lowest BCUT2D eigenvalue weighted by molar-refractivity contribution is -0.179. The quantitative estimate of drug-likeness (QED) is 0.125. The number of thioether (sulfide) groups is 2. The van der Waals surface area contributed by atoms with Crippen LogP contribution in [-0.2, 0) is 33.4 Å². The topological polar surface area (TPSA) is 162 Å². The molecule has 0 unspecified atom stereocenters. The van der Waals surface area contributed by atoms with Gasteiger partial charge in [0.25, 0.3) is 11.8 Å². The Hall–Kier alpha value is -3.01. The fraction of sp³-hybridized carbons (Fsp3) is 0.806. The summed E-state index contributed by atoms with van der Waals surface area (Å²) >= 11 is 3.11. The SMILES string of the molecule is CC(C)(C)C(=O)OCOC(=O)[C@@H]1N2C(=O)[C@@H](N=CN3CCCCCC3)[C@H]2SC1(C)C.CC1(C)S[C@@H]2[C@H](N=CN3CCCCCC3)C(=O)N2[C@H]1C(=O)O. The van der Waals surface area contributed by atoms with Crippen molar-refractivity contribution in [2.75, 3.05) is 33.0 Å². The van der Waals surface area contributed by atoms with E-state index in [-0.39, 0.29) is 22.6 Å². The van der Waals surface area contributed by atoms with Crippen LogP contribution in [0.2, 0.25) is 0 Å². The first-order chi connectivity index (χ1) is 24.4. The molecule has 14 nitrogen and oxygen atoms in total. The number of carbonyl (C=O) groups is 5. The minimum atomic E-state index is -0.928. The van der Waals surface area contributed by atoms with E-state index in [1.807, 2.05) is 40.4 Å². The second kappa shape index (κ2) is 16.2. The van der Waals surface area contributed by atoms with Crippen LogP contribution in [0, 0.1) is 5.41 Å². The van der Waals surface area contributed by atoms with Crippen molar-refractivity contribution in [1.82, 2.24) is 19.6 Å². The third-order valence-electron chi connectivity index (χ3n) is 10.3. The number of hydrogen-bond acceptors (Lipinski definition) is 11. The Kier molecular flexibility index (Phi) is 12.5. The second-order valence-corrected chi connectivity index (χ2v) is 20.0. The van der Waals surface area contributed by atoms with E-state index in [1.54, 1.807) is 49.2 Å². The first-order valence-electron chi connectivity index (χ1n) is 18.6. The average molecular weight is 765 g/mol. The van der Waals surface area contributed by atoms with Crippen molar-refractivity contribution < 1.29 is 38.6 Å². The van der Waals surface area contributed by atoms with E-state index in [1.165, 1.54) is 43.4 Å². The van der Waals surface area contributed by atoms with Crippen LogP contribution in [0.5, 0.6) is 0 Å². The Morgan fingerprint density at radius 3 is 1.54 bits per heavy atom. The van der Waals surface area contributed by atoms with Crippen molar-refractivity contribution in [2.45, 2.75) is 144 Å². The Balaban J connectivity index is 0.000000210. The maximum Gasteiger partial charge on any atom is 0.333 e. The smallest absolute Gasteiger partial charge is 0.333 e. The maximum atomic E-state index is 12.8. The van der Waals surface area contributed by atoms with Gasteiger partial charge >= 0.3 is 17.9 Å². The van der Waals surface area contributed by atoms with E-state index >= 15 is 0 Å². The van der Waals surface area contributed by atoms with Crippen LogP contribution in [0.25, 0.3) is 0 Å². The molecular formula is C36H56N6O8S2. The number of fused-ring (bicyclic) bond motifs is 2. The van der Waals surface area contributed by atoms with Crippen molar-refractivity contribution >= 4 is 65.9 Å². The van der Waals surface area contributed by atoms with E-state index in [2.05, 4.69) is 19.8 Å². The van der Waals surface area contributed by atoms with Gasteiger partial charge < -0.3 is 34.2 Å². The number of aliphatic imine (C=N–C) groups is 2. The number of nitrogens with zero attached hydrogens (tertiary/aromatic N) is 6. The molecule has 6 aliphatic heterocycles. The van der Waals surface area contributed by atoms with Crippen LogP contribution in [0.4, 0.5) is 0 Å². The van der Waals surface area contributed by atoms with Crippen molar-refractivity contribution in [1.29, 1.82) is 0 Å². The zero-order valence-corrected chi connectivity index (χ0v) is 33.2. The first kappa shape index (κ1) is 40.2. The predicted octanol–water partition coefficient (Wildman–Crippen LogP) is 3.82. The average Bonchev–Trinajstić information content (AvgIpc) is 3.26. The normalized spacial score (nSPS) is 31.1. The van der Waals surface area contributed by atoms with Crippen LogP contribution in [0.1, 0.15) is 99.8 Å². The lowest BCUT2D eigenvalue weighted by atomic mass is 9.96. The molecule has 16 heteroatoms. The van der Waals surface area contributed by atoms with E-state index in [0.717, 1.165) is 39.0 Å². The molecule has 52 heavy (non-hydrogen) atoms. The highest BCUT2D eigenvalue weighted by Gasteiger charge is 2.65. The van der Waals surface area contributed by atoms with Crippen LogP contribution in [-0.4, -0.2) is 144 Å². The van der Waals surface area contributed by atoms with E-state index in [0.29, 0.717) is 0 Å².